The lowest BCUT2D eigenvalue weighted by molar-refractivity contribution is 0.102. The molecule has 21 heavy (non-hydrogen) atoms. The number of aromatic nitrogens is 1. The zero-order chi connectivity index (χ0) is 14.7. The van der Waals surface area contributed by atoms with Crippen LogP contribution in [0.2, 0.25) is 0 Å². The van der Waals surface area contributed by atoms with Crippen LogP contribution in [0, 0.1) is 0 Å². The Morgan fingerprint density at radius 2 is 1.86 bits per heavy atom. The van der Waals surface area contributed by atoms with Crippen molar-refractivity contribution in [2.24, 2.45) is 0 Å². The van der Waals surface area contributed by atoms with E-state index in [4.69, 9.17) is 4.74 Å². The van der Waals surface area contributed by atoms with Crippen LogP contribution < -0.4 is 10.1 Å². The first-order valence-corrected chi connectivity index (χ1v) is 6.58. The van der Waals surface area contributed by atoms with Gasteiger partial charge >= 0.3 is 0 Å². The summed E-state index contributed by atoms with van der Waals surface area (Å²) in [4.78, 5) is 16.6. The van der Waals surface area contributed by atoms with E-state index in [0.29, 0.717) is 16.8 Å². The maximum atomic E-state index is 12.2. The van der Waals surface area contributed by atoms with E-state index in [0.717, 1.165) is 11.1 Å². The fourth-order valence-electron chi connectivity index (χ4n) is 2.21. The number of carbonyl (C=O) groups is 1. The van der Waals surface area contributed by atoms with Crippen LogP contribution in [0.3, 0.4) is 0 Å². The largest absolute Gasteiger partial charge is 0.496 e. The van der Waals surface area contributed by atoms with Gasteiger partial charge in [-0.1, -0.05) is 24.3 Å². The van der Waals surface area contributed by atoms with Crippen molar-refractivity contribution in [2.75, 3.05) is 12.4 Å². The SMILES string of the molecule is COc1ccnc2c(NC(=O)c3ccccc3)cccc12. The molecular formula is C17H14N2O2. The molecule has 3 rings (SSSR count). The van der Waals surface area contributed by atoms with Crippen molar-refractivity contribution in [3.63, 3.8) is 0 Å². The van der Waals surface area contributed by atoms with Crippen LogP contribution in [0.25, 0.3) is 10.9 Å². The van der Waals surface area contributed by atoms with E-state index < -0.39 is 0 Å². The summed E-state index contributed by atoms with van der Waals surface area (Å²) >= 11 is 0. The molecule has 0 saturated heterocycles. The number of ether oxygens (including phenoxy) is 1. The van der Waals surface area contributed by atoms with Gasteiger partial charge in [-0.2, -0.15) is 0 Å². The van der Waals surface area contributed by atoms with Gasteiger partial charge < -0.3 is 10.1 Å². The fraction of sp³-hybridized carbons (Fsp3) is 0.0588. The summed E-state index contributed by atoms with van der Waals surface area (Å²) in [6, 6.07) is 16.5. The normalized spacial score (nSPS) is 10.3. The van der Waals surface area contributed by atoms with E-state index in [2.05, 4.69) is 10.3 Å². The quantitative estimate of drug-likeness (QED) is 0.797. The molecule has 0 aliphatic rings. The molecule has 0 radical (unpaired) electrons. The van der Waals surface area contributed by atoms with Crippen LogP contribution in [0.4, 0.5) is 5.69 Å². The Kier molecular flexibility index (Phi) is 3.51. The Morgan fingerprint density at radius 3 is 2.62 bits per heavy atom. The van der Waals surface area contributed by atoms with Crippen LogP contribution in [0.15, 0.2) is 60.8 Å². The van der Waals surface area contributed by atoms with E-state index in [1.165, 1.54) is 0 Å². The molecule has 4 nitrogen and oxygen atoms in total. The van der Waals surface area contributed by atoms with E-state index in [1.54, 1.807) is 31.5 Å². The van der Waals surface area contributed by atoms with Crippen molar-refractivity contribution in [2.45, 2.75) is 0 Å². The van der Waals surface area contributed by atoms with Gasteiger partial charge in [0.2, 0.25) is 0 Å². The minimum atomic E-state index is -0.160. The molecule has 104 valence electrons. The fourth-order valence-corrected chi connectivity index (χ4v) is 2.21. The first kappa shape index (κ1) is 13.1. The predicted octanol–water partition coefficient (Wildman–Crippen LogP) is 3.50. The van der Waals surface area contributed by atoms with Gasteiger partial charge in [0.1, 0.15) is 5.75 Å². The topological polar surface area (TPSA) is 51.2 Å². The molecule has 4 heteroatoms. The van der Waals surface area contributed by atoms with Crippen molar-refractivity contribution in [3.8, 4) is 5.75 Å². The highest BCUT2D eigenvalue weighted by molar-refractivity contribution is 6.08. The third kappa shape index (κ3) is 2.56. The van der Waals surface area contributed by atoms with Crippen molar-refractivity contribution >= 4 is 22.5 Å². The number of fused-ring (bicyclic) bond motifs is 1. The van der Waals surface area contributed by atoms with E-state index in [-0.39, 0.29) is 5.91 Å². The van der Waals surface area contributed by atoms with Gasteiger partial charge in [0.15, 0.2) is 0 Å². The molecule has 1 heterocycles. The van der Waals surface area contributed by atoms with Crippen molar-refractivity contribution in [1.82, 2.24) is 4.98 Å². The third-order valence-corrected chi connectivity index (χ3v) is 3.24. The van der Waals surface area contributed by atoms with Gasteiger partial charge in [-0.05, 0) is 30.3 Å². The van der Waals surface area contributed by atoms with Gasteiger partial charge in [-0.15, -0.1) is 0 Å². The molecule has 1 N–H and O–H groups in total. The highest BCUT2D eigenvalue weighted by atomic mass is 16.5. The van der Waals surface area contributed by atoms with Crippen molar-refractivity contribution < 1.29 is 9.53 Å². The highest BCUT2D eigenvalue weighted by Crippen LogP contribution is 2.28. The second-order valence-electron chi connectivity index (χ2n) is 4.54. The summed E-state index contributed by atoms with van der Waals surface area (Å²) in [5, 5.41) is 3.76. The van der Waals surface area contributed by atoms with Gasteiger partial charge in [-0.3, -0.25) is 9.78 Å². The summed E-state index contributed by atoms with van der Waals surface area (Å²) in [5.74, 6) is 0.573. The molecule has 0 bridgehead atoms. The second-order valence-corrected chi connectivity index (χ2v) is 4.54. The average molecular weight is 278 g/mol. The Balaban J connectivity index is 2.00. The highest BCUT2D eigenvalue weighted by Gasteiger charge is 2.10. The number of hydrogen-bond donors (Lipinski definition) is 1. The molecule has 0 aliphatic heterocycles. The minimum Gasteiger partial charge on any atom is -0.496 e. The number of nitrogens with zero attached hydrogens (tertiary/aromatic N) is 1. The Bertz CT molecular complexity index is 785. The standard InChI is InChI=1S/C17H14N2O2/c1-21-15-10-11-18-16-13(15)8-5-9-14(16)19-17(20)12-6-3-2-4-7-12/h2-11H,1H3,(H,19,20). The number of anilines is 1. The van der Waals surface area contributed by atoms with Crippen molar-refractivity contribution in [3.05, 3.63) is 66.4 Å². The smallest absolute Gasteiger partial charge is 0.255 e. The number of para-hydroxylation sites is 1. The summed E-state index contributed by atoms with van der Waals surface area (Å²) in [5.41, 5.74) is 1.98. The number of nitrogens with one attached hydrogen (secondary N) is 1. The Morgan fingerprint density at radius 1 is 1.05 bits per heavy atom. The summed E-state index contributed by atoms with van der Waals surface area (Å²) in [6.07, 6.45) is 1.67. The molecule has 3 aromatic rings. The molecule has 2 aromatic carbocycles. The number of amides is 1. The van der Waals surface area contributed by atoms with Gasteiger partial charge in [-0.25, -0.2) is 0 Å². The minimum absolute atomic E-state index is 0.160. The number of methoxy groups -OCH3 is 1. The summed E-state index contributed by atoms with van der Waals surface area (Å²) in [6.45, 7) is 0. The van der Waals surface area contributed by atoms with E-state index in [9.17, 15) is 4.79 Å². The van der Waals surface area contributed by atoms with Crippen LogP contribution in [-0.2, 0) is 0 Å². The zero-order valence-corrected chi connectivity index (χ0v) is 11.5. The molecule has 0 atom stereocenters. The second kappa shape index (κ2) is 5.63. The van der Waals surface area contributed by atoms with Crippen LogP contribution in [0.5, 0.6) is 5.75 Å². The molecule has 1 aromatic heterocycles. The predicted molar refractivity (Wildman–Crippen MR) is 82.7 cm³/mol. The van der Waals surface area contributed by atoms with E-state index >= 15 is 0 Å². The maximum absolute atomic E-state index is 12.2. The van der Waals surface area contributed by atoms with Gasteiger partial charge in [0.05, 0.1) is 18.3 Å². The lowest BCUT2D eigenvalue weighted by atomic mass is 10.1. The lowest BCUT2D eigenvalue weighted by Crippen LogP contribution is -2.12. The van der Waals surface area contributed by atoms with Gasteiger partial charge in [0.25, 0.3) is 5.91 Å². The Hall–Kier alpha value is -2.88. The molecule has 0 saturated carbocycles. The maximum Gasteiger partial charge on any atom is 0.255 e. The average Bonchev–Trinajstić information content (AvgIpc) is 2.55. The number of benzene rings is 2. The lowest BCUT2D eigenvalue weighted by Gasteiger charge is -2.10. The molecular weight excluding hydrogens is 264 g/mol. The first-order chi connectivity index (χ1) is 10.3. The number of pyridine rings is 1. The first-order valence-electron chi connectivity index (χ1n) is 6.58. The number of carbonyl (C=O) groups excluding carboxylic acids is 1. The van der Waals surface area contributed by atoms with Gasteiger partial charge in [0, 0.05) is 17.1 Å². The molecule has 0 aliphatic carbocycles. The molecule has 0 fully saturated rings. The Labute approximate surface area is 122 Å². The van der Waals surface area contributed by atoms with Crippen LogP contribution in [-0.4, -0.2) is 18.0 Å². The summed E-state index contributed by atoms with van der Waals surface area (Å²) < 4.78 is 5.32. The molecule has 1 amide bonds. The van der Waals surface area contributed by atoms with Crippen molar-refractivity contribution in [1.29, 1.82) is 0 Å². The zero-order valence-electron chi connectivity index (χ0n) is 11.5. The van der Waals surface area contributed by atoms with Crippen LogP contribution in [0.1, 0.15) is 10.4 Å². The van der Waals surface area contributed by atoms with Crippen LogP contribution >= 0.6 is 0 Å². The third-order valence-electron chi connectivity index (χ3n) is 3.24. The molecule has 0 unspecified atom stereocenters. The molecule has 0 spiro atoms. The van der Waals surface area contributed by atoms with E-state index in [1.807, 2.05) is 36.4 Å². The monoisotopic (exact) mass is 278 g/mol. The number of hydrogen-bond acceptors (Lipinski definition) is 3. The number of rotatable bonds is 3. The summed E-state index contributed by atoms with van der Waals surface area (Å²) in [7, 11) is 1.62.